The standard InChI is InChI=1S/C19H23N8O10P/c20-14-6-3-26(19(31)23-14)11-2-8(9(4-28)35-11)37-38(32,33)34-5-10-7(29)1-12(36-10)27-15(6)22-13-16(27)24-18(21)25-17(13)30/h3,7-12,28-29H,1-2,4-5H2,(H,32,33)(H2,20,23,31)(H3,21,24,25,30)/p-1/t7-,8-,9-,10-,11+,12-/m1/s1. The number of nitrogens with zero attached hydrogens (tertiary/aromatic N) is 6. The zero-order valence-electron chi connectivity index (χ0n) is 19.4. The van der Waals surface area contributed by atoms with Crippen molar-refractivity contribution in [2.24, 2.45) is 0 Å². The molecule has 3 aromatic rings. The molecule has 6 rings (SSSR count). The van der Waals surface area contributed by atoms with Crippen molar-refractivity contribution in [1.29, 1.82) is 0 Å². The Labute approximate surface area is 212 Å². The zero-order chi connectivity index (χ0) is 26.9. The smallest absolute Gasteiger partial charge is 0.472 e. The molecule has 0 aliphatic carbocycles. The first-order valence-electron chi connectivity index (χ1n) is 11.4. The molecular weight excluding hydrogens is 531 g/mol. The Balaban J connectivity index is 1.59. The molecule has 18 nitrogen and oxygen atoms in total. The fraction of sp³-hybridized carbons (Fsp3) is 0.526. The second-order valence-electron chi connectivity index (χ2n) is 8.98. The summed E-state index contributed by atoms with van der Waals surface area (Å²) < 4.78 is 37.0. The number of anilines is 2. The molecular formula is C19H22N8O10P-. The van der Waals surface area contributed by atoms with E-state index < -0.39 is 69.5 Å². The Morgan fingerprint density at radius 2 is 1.92 bits per heavy atom. The average Bonchev–Trinajstić information content (AvgIpc) is 3.52. The number of hydrogen-bond acceptors (Lipinski definition) is 15. The van der Waals surface area contributed by atoms with E-state index in [4.69, 9.17) is 30.0 Å². The molecule has 0 saturated carbocycles. The predicted octanol–water partition coefficient (Wildman–Crippen LogP) is -2.27. The van der Waals surface area contributed by atoms with Crippen LogP contribution in [0, 0.1) is 0 Å². The van der Waals surface area contributed by atoms with Crippen molar-refractivity contribution in [1.82, 2.24) is 29.1 Å². The van der Waals surface area contributed by atoms with Crippen molar-refractivity contribution < 1.29 is 43.3 Å². The molecule has 3 aliphatic rings. The van der Waals surface area contributed by atoms with Crippen LogP contribution in [0.3, 0.4) is 0 Å². The largest absolute Gasteiger partial charge is 0.857 e. The number of phosphoric ester groups is 1. The van der Waals surface area contributed by atoms with Gasteiger partial charge in [0.05, 0.1) is 24.9 Å². The van der Waals surface area contributed by atoms with Gasteiger partial charge in [-0.05, 0) is 0 Å². The highest BCUT2D eigenvalue weighted by Crippen LogP contribution is 2.49. The summed E-state index contributed by atoms with van der Waals surface area (Å²) in [5.74, 6) is -1.37. The fourth-order valence-electron chi connectivity index (χ4n) is 4.83. The van der Waals surface area contributed by atoms with E-state index in [0.717, 1.165) is 4.57 Å². The molecule has 1 unspecified atom stereocenters. The molecule has 0 spiro atoms. The minimum Gasteiger partial charge on any atom is -0.857 e. The number of nitrogen functional groups attached to an aromatic ring is 2. The Morgan fingerprint density at radius 1 is 1.13 bits per heavy atom. The van der Waals surface area contributed by atoms with Gasteiger partial charge in [0.2, 0.25) is 5.95 Å². The van der Waals surface area contributed by atoms with E-state index >= 15 is 0 Å². The summed E-state index contributed by atoms with van der Waals surface area (Å²) in [4.78, 5) is 39.0. The van der Waals surface area contributed by atoms with E-state index in [2.05, 4.69) is 19.9 Å². The lowest BCUT2D eigenvalue weighted by Crippen LogP contribution is -2.29. The van der Waals surface area contributed by atoms with E-state index in [1.807, 2.05) is 0 Å². The molecule has 3 aromatic heterocycles. The molecule has 204 valence electrons. The number of hydrogen-bond donors (Lipinski definition) is 5. The van der Waals surface area contributed by atoms with Crippen molar-refractivity contribution in [3.63, 3.8) is 0 Å². The van der Waals surface area contributed by atoms with Gasteiger partial charge < -0.3 is 41.2 Å². The van der Waals surface area contributed by atoms with Crippen molar-refractivity contribution in [3.8, 4) is 17.3 Å². The van der Waals surface area contributed by atoms with Gasteiger partial charge in [0.15, 0.2) is 5.65 Å². The Bertz CT molecular complexity index is 1530. The molecule has 38 heavy (non-hydrogen) atoms. The Kier molecular flexibility index (Phi) is 5.89. The van der Waals surface area contributed by atoms with Crippen LogP contribution in [0.4, 0.5) is 11.8 Å². The number of ether oxygens (including phenoxy) is 2. The van der Waals surface area contributed by atoms with E-state index in [1.54, 1.807) is 0 Å². The SMILES string of the molecule is Nc1nc([O-])c2nc3n(c2n1)[C@H]1C[C@@H](O)[C@@H](COP(=O)(O)O[C@@H]2C[C@H](O[C@@H]2CO)n2cc-3c(N)nc2=O)O1. The number of nitrogens with two attached hydrogens (primary N) is 2. The van der Waals surface area contributed by atoms with E-state index in [-0.39, 0.29) is 47.2 Å². The highest BCUT2D eigenvalue weighted by Gasteiger charge is 2.44. The van der Waals surface area contributed by atoms with Crippen LogP contribution in [-0.4, -0.2) is 81.8 Å². The van der Waals surface area contributed by atoms with Crippen LogP contribution in [0.2, 0.25) is 0 Å². The highest BCUT2D eigenvalue weighted by atomic mass is 31.2. The van der Waals surface area contributed by atoms with Crippen molar-refractivity contribution in [2.45, 2.75) is 49.7 Å². The molecule has 0 radical (unpaired) electrons. The molecule has 7 atom stereocenters. The van der Waals surface area contributed by atoms with Crippen LogP contribution < -0.4 is 22.3 Å². The van der Waals surface area contributed by atoms with Crippen molar-refractivity contribution in [2.75, 3.05) is 24.7 Å². The molecule has 7 N–H and O–H groups in total. The molecule has 2 fully saturated rings. The van der Waals surface area contributed by atoms with Crippen LogP contribution in [0.1, 0.15) is 25.3 Å². The second-order valence-corrected chi connectivity index (χ2v) is 10.4. The maximum Gasteiger partial charge on any atom is 0.472 e. The van der Waals surface area contributed by atoms with Crippen molar-refractivity contribution in [3.05, 3.63) is 16.7 Å². The number of aromatic nitrogens is 6. The third-order valence-corrected chi connectivity index (χ3v) is 7.59. The van der Waals surface area contributed by atoms with Crippen LogP contribution in [0.15, 0.2) is 11.0 Å². The predicted molar refractivity (Wildman–Crippen MR) is 122 cm³/mol. The number of phosphoric acid groups is 1. The summed E-state index contributed by atoms with van der Waals surface area (Å²) >= 11 is 0. The zero-order valence-corrected chi connectivity index (χ0v) is 20.2. The second kappa shape index (κ2) is 8.92. The lowest BCUT2D eigenvalue weighted by atomic mass is 10.2. The lowest BCUT2D eigenvalue weighted by molar-refractivity contribution is -0.272. The van der Waals surface area contributed by atoms with Gasteiger partial charge in [0, 0.05) is 24.9 Å². The maximum absolute atomic E-state index is 12.8. The minimum atomic E-state index is -4.73. The average molecular weight is 553 g/mol. The molecule has 0 aromatic carbocycles. The first-order chi connectivity index (χ1) is 18.0. The fourth-order valence-corrected chi connectivity index (χ4v) is 5.79. The molecule has 3 aliphatic heterocycles. The minimum absolute atomic E-state index is 0.00160. The first kappa shape index (κ1) is 25.1. The first-order valence-corrected chi connectivity index (χ1v) is 12.9. The quantitative estimate of drug-likeness (QED) is 0.199. The third kappa shape index (κ3) is 4.11. The summed E-state index contributed by atoms with van der Waals surface area (Å²) in [6, 6.07) is 0. The van der Waals surface area contributed by atoms with E-state index in [1.165, 1.54) is 10.8 Å². The highest BCUT2D eigenvalue weighted by molar-refractivity contribution is 7.47. The summed E-state index contributed by atoms with van der Waals surface area (Å²) in [5.41, 5.74) is 10.9. The van der Waals surface area contributed by atoms with Gasteiger partial charge in [-0.15, -0.1) is 0 Å². The van der Waals surface area contributed by atoms with Crippen LogP contribution in [-0.2, 0) is 23.1 Å². The monoisotopic (exact) mass is 553 g/mol. The van der Waals surface area contributed by atoms with Gasteiger partial charge >= 0.3 is 13.5 Å². The summed E-state index contributed by atoms with van der Waals surface area (Å²) in [7, 11) is -4.73. The number of fused-ring (bicyclic) bond motifs is 12. The van der Waals surface area contributed by atoms with Gasteiger partial charge in [-0.2, -0.15) is 9.97 Å². The summed E-state index contributed by atoms with van der Waals surface area (Å²) in [5, 5.41) is 33.0. The van der Waals surface area contributed by atoms with E-state index in [0.29, 0.717) is 0 Å². The number of aliphatic hydroxyl groups is 2. The third-order valence-electron chi connectivity index (χ3n) is 6.58. The van der Waals surface area contributed by atoms with Crippen LogP contribution in [0.25, 0.3) is 22.6 Å². The van der Waals surface area contributed by atoms with Crippen LogP contribution >= 0.6 is 7.82 Å². The van der Waals surface area contributed by atoms with Crippen LogP contribution in [0.5, 0.6) is 5.88 Å². The number of rotatable bonds is 1. The maximum atomic E-state index is 12.8. The van der Waals surface area contributed by atoms with Gasteiger partial charge in [0.25, 0.3) is 0 Å². The van der Waals surface area contributed by atoms with Gasteiger partial charge in [-0.3, -0.25) is 18.2 Å². The Morgan fingerprint density at radius 3 is 2.68 bits per heavy atom. The van der Waals surface area contributed by atoms with Gasteiger partial charge in [-0.25, -0.2) is 19.3 Å². The topological polar surface area (TPSA) is 268 Å². The number of imidazole rings is 1. The molecule has 2 saturated heterocycles. The number of aliphatic hydroxyl groups excluding tert-OH is 2. The molecule has 6 heterocycles. The lowest BCUT2D eigenvalue weighted by Gasteiger charge is -2.22. The van der Waals surface area contributed by atoms with E-state index in [9.17, 15) is 29.6 Å². The van der Waals surface area contributed by atoms with Crippen molar-refractivity contribution >= 4 is 30.8 Å². The van der Waals surface area contributed by atoms with Gasteiger partial charge in [0.1, 0.15) is 47.9 Å². The van der Waals surface area contributed by atoms with Gasteiger partial charge in [-0.1, -0.05) is 0 Å². The normalized spacial score (nSPS) is 33.1. The summed E-state index contributed by atoms with van der Waals surface area (Å²) in [6.45, 7) is -1.14. The molecule has 6 bridgehead atoms. The summed E-state index contributed by atoms with van der Waals surface area (Å²) in [6.07, 6.45) is -5.56. The Hall–Kier alpha value is -3.22. The molecule has 19 heteroatoms. The molecule has 0 amide bonds.